The molecule has 0 aliphatic rings. The van der Waals surface area contributed by atoms with E-state index in [-0.39, 0.29) is 0 Å². The number of halogens is 9. The average molecular weight is 365 g/mol. The van der Waals surface area contributed by atoms with E-state index in [9.17, 15) is 30.7 Å². The van der Waals surface area contributed by atoms with Crippen molar-refractivity contribution in [3.63, 3.8) is 0 Å². The number of rotatable bonds is 2. The van der Waals surface area contributed by atoms with E-state index in [4.69, 9.17) is 23.2 Å². The number of aromatic nitrogens is 1. The number of anilines is 2. The summed E-state index contributed by atoms with van der Waals surface area (Å²) in [5.74, 6) is -14.6. The van der Waals surface area contributed by atoms with Crippen LogP contribution in [0.5, 0.6) is 0 Å². The lowest BCUT2D eigenvalue weighted by molar-refractivity contribution is 0.382. The first-order valence-electron chi connectivity index (χ1n) is 5.15. The summed E-state index contributed by atoms with van der Waals surface area (Å²) < 4.78 is 92.3. The zero-order chi connectivity index (χ0) is 16.8. The van der Waals surface area contributed by atoms with Gasteiger partial charge in [-0.25, -0.2) is 22.0 Å². The molecule has 0 aliphatic heterocycles. The molecule has 1 heterocycles. The van der Waals surface area contributed by atoms with Gasteiger partial charge in [0.15, 0.2) is 23.3 Å². The molecule has 1 aromatic carbocycles. The molecule has 0 aliphatic carbocycles. The Balaban J connectivity index is 2.68. The molecule has 0 unspecified atom stereocenters. The van der Waals surface area contributed by atoms with Crippen LogP contribution in [0.1, 0.15) is 0 Å². The summed E-state index contributed by atoms with van der Waals surface area (Å²) in [6.07, 6.45) is 0. The van der Waals surface area contributed by atoms with E-state index < -0.39 is 62.4 Å². The monoisotopic (exact) mass is 364 g/mol. The predicted octanol–water partition coefficient (Wildman–Crippen LogP) is 5.11. The number of nitrogens with zero attached hydrogens (tertiary/aromatic N) is 1. The van der Waals surface area contributed by atoms with E-state index in [1.165, 1.54) is 0 Å². The summed E-state index contributed by atoms with van der Waals surface area (Å²) in [5.41, 5.74) is -2.53. The second kappa shape index (κ2) is 5.81. The minimum atomic E-state index is -2.40. The quantitative estimate of drug-likeness (QED) is 0.347. The highest BCUT2D eigenvalue weighted by atomic mass is 35.5. The van der Waals surface area contributed by atoms with E-state index in [0.717, 1.165) is 0 Å². The largest absolute Gasteiger partial charge is 0.348 e. The first-order chi connectivity index (χ1) is 10.2. The van der Waals surface area contributed by atoms with E-state index in [1.807, 2.05) is 0 Å². The molecule has 22 heavy (non-hydrogen) atoms. The van der Waals surface area contributed by atoms with Crippen LogP contribution in [0.3, 0.4) is 0 Å². The summed E-state index contributed by atoms with van der Waals surface area (Å²) in [6.45, 7) is 0. The Morgan fingerprint density at radius 1 is 0.591 bits per heavy atom. The van der Waals surface area contributed by atoms with Gasteiger partial charge in [-0.15, -0.1) is 0 Å². The zero-order valence-electron chi connectivity index (χ0n) is 9.85. The summed E-state index contributed by atoms with van der Waals surface area (Å²) in [7, 11) is 0. The van der Waals surface area contributed by atoms with Crippen LogP contribution >= 0.6 is 23.2 Å². The number of hydrogen-bond donors (Lipinski definition) is 1. The Bertz CT molecular complexity index is 727. The topological polar surface area (TPSA) is 24.9 Å². The molecule has 0 fully saturated rings. The van der Waals surface area contributed by atoms with Crippen molar-refractivity contribution in [2.45, 2.75) is 0 Å². The molecule has 0 spiro atoms. The Kier molecular flexibility index (Phi) is 4.39. The minimum Gasteiger partial charge on any atom is -0.348 e. The van der Waals surface area contributed by atoms with Crippen LogP contribution in [0.25, 0.3) is 0 Å². The SMILES string of the molecule is Fc1nc(F)c(Cl)c(Nc2c(F)c(F)c(F)c(F)c2F)c1Cl. The van der Waals surface area contributed by atoms with E-state index in [2.05, 4.69) is 4.98 Å². The maximum atomic E-state index is 13.5. The van der Waals surface area contributed by atoms with Gasteiger partial charge in [-0.1, -0.05) is 23.2 Å². The van der Waals surface area contributed by atoms with Gasteiger partial charge in [0.1, 0.15) is 15.7 Å². The molecular weight excluding hydrogens is 364 g/mol. The van der Waals surface area contributed by atoms with Crippen LogP contribution in [-0.2, 0) is 0 Å². The molecule has 118 valence electrons. The molecule has 2 nitrogen and oxygen atoms in total. The van der Waals surface area contributed by atoms with Gasteiger partial charge < -0.3 is 5.32 Å². The molecule has 11 heteroatoms. The maximum Gasteiger partial charge on any atom is 0.236 e. The highest BCUT2D eigenvalue weighted by Gasteiger charge is 2.28. The normalized spacial score (nSPS) is 11.0. The molecule has 0 saturated carbocycles. The Hall–Kier alpha value is -1.74. The van der Waals surface area contributed by atoms with Gasteiger partial charge in [0.2, 0.25) is 17.7 Å². The third-order valence-corrected chi connectivity index (χ3v) is 3.15. The molecular formula is C11HCl2F7N2. The fourth-order valence-electron chi connectivity index (χ4n) is 1.44. The molecule has 2 rings (SSSR count). The van der Waals surface area contributed by atoms with Gasteiger partial charge in [-0.3, -0.25) is 0 Å². The van der Waals surface area contributed by atoms with E-state index >= 15 is 0 Å². The molecule has 2 aromatic rings. The van der Waals surface area contributed by atoms with Crippen LogP contribution in [0.2, 0.25) is 10.0 Å². The van der Waals surface area contributed by atoms with Crippen LogP contribution in [0.15, 0.2) is 0 Å². The van der Waals surface area contributed by atoms with Crippen LogP contribution in [0, 0.1) is 41.0 Å². The molecule has 0 radical (unpaired) electrons. The molecule has 0 bridgehead atoms. The van der Waals surface area contributed by atoms with Gasteiger partial charge >= 0.3 is 0 Å². The third-order valence-electron chi connectivity index (χ3n) is 2.46. The van der Waals surface area contributed by atoms with Crippen molar-refractivity contribution in [1.82, 2.24) is 4.98 Å². The van der Waals surface area contributed by atoms with E-state index in [1.54, 1.807) is 5.32 Å². The summed E-state index contributed by atoms with van der Waals surface area (Å²) in [6, 6.07) is 0. The lowest BCUT2D eigenvalue weighted by Crippen LogP contribution is -2.08. The summed E-state index contributed by atoms with van der Waals surface area (Å²) >= 11 is 10.8. The lowest BCUT2D eigenvalue weighted by Gasteiger charge is -2.13. The highest BCUT2D eigenvalue weighted by molar-refractivity contribution is 6.39. The number of nitrogens with one attached hydrogen (secondary N) is 1. The van der Waals surface area contributed by atoms with Crippen molar-refractivity contribution in [3.8, 4) is 0 Å². The molecule has 0 saturated heterocycles. The fraction of sp³-hybridized carbons (Fsp3) is 0. The van der Waals surface area contributed by atoms with Gasteiger partial charge in [0, 0.05) is 0 Å². The Morgan fingerprint density at radius 3 is 1.36 bits per heavy atom. The Labute approximate surface area is 127 Å². The van der Waals surface area contributed by atoms with Crippen molar-refractivity contribution < 1.29 is 30.7 Å². The smallest absolute Gasteiger partial charge is 0.236 e. The van der Waals surface area contributed by atoms with Crippen molar-refractivity contribution >= 4 is 34.6 Å². The van der Waals surface area contributed by atoms with Gasteiger partial charge in [0.05, 0.1) is 5.69 Å². The lowest BCUT2D eigenvalue weighted by atomic mass is 10.2. The summed E-state index contributed by atoms with van der Waals surface area (Å²) in [5, 5.41) is -0.422. The van der Waals surface area contributed by atoms with Gasteiger partial charge in [-0.2, -0.15) is 13.8 Å². The van der Waals surface area contributed by atoms with Crippen LogP contribution in [-0.4, -0.2) is 4.98 Å². The standard InChI is InChI=1S/C11HCl2F7N2/c12-1-8(2(13)11(20)22-10(1)19)21-9-6(17)4(15)3(14)5(16)7(9)18/h(H,21,22). The van der Waals surface area contributed by atoms with Crippen LogP contribution in [0.4, 0.5) is 42.1 Å². The highest BCUT2D eigenvalue weighted by Crippen LogP contribution is 2.37. The van der Waals surface area contributed by atoms with Gasteiger partial charge in [0.25, 0.3) is 0 Å². The first kappa shape index (κ1) is 16.6. The van der Waals surface area contributed by atoms with Crippen molar-refractivity contribution in [3.05, 3.63) is 51.0 Å². The number of hydrogen-bond acceptors (Lipinski definition) is 2. The second-order valence-electron chi connectivity index (χ2n) is 3.77. The van der Waals surface area contributed by atoms with Crippen molar-refractivity contribution in [2.75, 3.05) is 5.32 Å². The van der Waals surface area contributed by atoms with Crippen LogP contribution < -0.4 is 5.32 Å². The molecule has 1 aromatic heterocycles. The Morgan fingerprint density at radius 2 is 0.955 bits per heavy atom. The minimum absolute atomic E-state index is 0.948. The molecule has 0 amide bonds. The zero-order valence-corrected chi connectivity index (χ0v) is 11.4. The number of benzene rings is 1. The predicted molar refractivity (Wildman–Crippen MR) is 63.7 cm³/mol. The number of pyridine rings is 1. The van der Waals surface area contributed by atoms with E-state index in [0.29, 0.717) is 0 Å². The molecule has 1 N–H and O–H groups in total. The maximum absolute atomic E-state index is 13.5. The third kappa shape index (κ3) is 2.54. The van der Waals surface area contributed by atoms with Crippen molar-refractivity contribution in [1.29, 1.82) is 0 Å². The fourth-order valence-corrected chi connectivity index (χ4v) is 1.85. The summed E-state index contributed by atoms with van der Waals surface area (Å²) in [4.78, 5) is 2.64. The first-order valence-corrected chi connectivity index (χ1v) is 5.90. The average Bonchev–Trinajstić information content (AvgIpc) is 2.48. The van der Waals surface area contributed by atoms with Crippen molar-refractivity contribution in [2.24, 2.45) is 0 Å². The second-order valence-corrected chi connectivity index (χ2v) is 4.52. The van der Waals surface area contributed by atoms with Gasteiger partial charge in [-0.05, 0) is 0 Å². The molecule has 0 atom stereocenters.